The van der Waals surface area contributed by atoms with E-state index in [4.69, 9.17) is 0 Å². The molecule has 2 aliphatic rings. The topological polar surface area (TPSA) is 56.4 Å². The van der Waals surface area contributed by atoms with Crippen LogP contribution in [0.4, 0.5) is 10.5 Å². The number of urea groups is 1. The lowest BCUT2D eigenvalue weighted by Gasteiger charge is -2.40. The second kappa shape index (κ2) is 9.41. The van der Waals surface area contributed by atoms with Gasteiger partial charge in [-0.05, 0) is 49.9 Å². The highest BCUT2D eigenvalue weighted by Gasteiger charge is 2.34. The number of hydrogen-bond donors (Lipinski definition) is 3. The van der Waals surface area contributed by atoms with Crippen molar-refractivity contribution in [3.8, 4) is 0 Å². The van der Waals surface area contributed by atoms with Crippen molar-refractivity contribution in [2.75, 3.05) is 38.0 Å². The molecule has 0 saturated carbocycles. The van der Waals surface area contributed by atoms with E-state index in [0.29, 0.717) is 11.5 Å². The zero-order valence-corrected chi connectivity index (χ0v) is 15.9. The average Bonchev–Trinajstić information content (AvgIpc) is 3.01. The summed E-state index contributed by atoms with van der Waals surface area (Å²) in [5.74, 6) is 0. The van der Waals surface area contributed by atoms with Gasteiger partial charge in [0.1, 0.15) is 0 Å². The summed E-state index contributed by atoms with van der Waals surface area (Å²) in [7, 11) is 0. The van der Waals surface area contributed by atoms with Crippen LogP contribution in [0.2, 0.25) is 0 Å². The van der Waals surface area contributed by atoms with E-state index in [1.807, 2.05) is 30.3 Å². The molecule has 25 heavy (non-hydrogen) atoms. The van der Waals surface area contributed by atoms with E-state index in [1.165, 1.54) is 25.7 Å². The van der Waals surface area contributed by atoms with Gasteiger partial charge in [-0.2, -0.15) is 0 Å². The Morgan fingerprint density at radius 2 is 2.12 bits per heavy atom. The van der Waals surface area contributed by atoms with Crippen molar-refractivity contribution in [2.24, 2.45) is 5.41 Å². The van der Waals surface area contributed by atoms with E-state index in [0.717, 1.165) is 38.4 Å². The molecular formula is C19H31ClN4O. The Bertz CT molecular complexity index is 533. The number of piperidine rings is 1. The van der Waals surface area contributed by atoms with Gasteiger partial charge in [0.25, 0.3) is 0 Å². The predicted molar refractivity (Wildman–Crippen MR) is 106 cm³/mol. The molecule has 3 N–H and O–H groups in total. The molecule has 140 valence electrons. The number of carbonyl (C=O) groups is 1. The van der Waals surface area contributed by atoms with Gasteiger partial charge in [0.15, 0.2) is 0 Å². The van der Waals surface area contributed by atoms with Crippen LogP contribution in [0.25, 0.3) is 0 Å². The lowest BCUT2D eigenvalue weighted by Crippen LogP contribution is -2.51. The number of nitrogens with one attached hydrogen (secondary N) is 3. The Morgan fingerprint density at radius 3 is 2.84 bits per heavy atom. The van der Waals surface area contributed by atoms with Crippen molar-refractivity contribution in [2.45, 2.75) is 38.6 Å². The van der Waals surface area contributed by atoms with Gasteiger partial charge in [0.05, 0.1) is 0 Å². The third-order valence-corrected chi connectivity index (χ3v) is 5.32. The molecule has 2 atom stereocenters. The van der Waals surface area contributed by atoms with Gasteiger partial charge < -0.3 is 16.0 Å². The van der Waals surface area contributed by atoms with Crippen molar-refractivity contribution >= 4 is 24.1 Å². The normalized spacial score (nSPS) is 26.7. The van der Waals surface area contributed by atoms with Crippen LogP contribution in [0.3, 0.4) is 0 Å². The minimum atomic E-state index is -0.111. The third-order valence-electron chi connectivity index (χ3n) is 5.32. The second-order valence-corrected chi connectivity index (χ2v) is 7.56. The van der Waals surface area contributed by atoms with Crippen LogP contribution in [0, 0.1) is 5.41 Å². The first-order valence-corrected chi connectivity index (χ1v) is 9.19. The SMILES string of the molecule is CC1(CN2CCCCC2CNC(=O)Nc2ccccc2)CCNC1.Cl. The minimum Gasteiger partial charge on any atom is -0.336 e. The van der Waals surface area contributed by atoms with Crippen molar-refractivity contribution in [3.05, 3.63) is 30.3 Å². The molecule has 1 aromatic rings. The number of rotatable bonds is 5. The minimum absolute atomic E-state index is 0. The molecule has 6 heteroatoms. The maximum absolute atomic E-state index is 12.1. The maximum Gasteiger partial charge on any atom is 0.319 e. The standard InChI is InChI=1S/C19H30N4O.ClH/c1-19(10-11-20-14-19)15-23-12-6-5-9-17(23)13-21-18(24)22-16-7-3-2-4-8-16;/h2-4,7-8,17,20H,5-6,9-15H2,1H3,(H2,21,22,24);1H. The first-order valence-electron chi connectivity index (χ1n) is 9.19. The number of carbonyl (C=O) groups excluding carboxylic acids is 1. The highest BCUT2D eigenvalue weighted by Crippen LogP contribution is 2.28. The number of halogens is 1. The Labute approximate surface area is 157 Å². The fourth-order valence-corrected chi connectivity index (χ4v) is 3.90. The summed E-state index contributed by atoms with van der Waals surface area (Å²) in [5.41, 5.74) is 1.21. The first kappa shape index (κ1) is 20.0. The molecule has 0 radical (unpaired) electrons. The van der Waals surface area contributed by atoms with E-state index in [9.17, 15) is 4.79 Å². The van der Waals surface area contributed by atoms with Crippen LogP contribution in [0.5, 0.6) is 0 Å². The largest absolute Gasteiger partial charge is 0.336 e. The van der Waals surface area contributed by atoms with Crippen molar-refractivity contribution in [1.82, 2.24) is 15.5 Å². The molecule has 0 bridgehead atoms. The maximum atomic E-state index is 12.1. The number of likely N-dealkylation sites (tertiary alicyclic amines) is 1. The van der Waals surface area contributed by atoms with Gasteiger partial charge in [-0.25, -0.2) is 4.79 Å². The molecule has 0 spiro atoms. The summed E-state index contributed by atoms with van der Waals surface area (Å²) < 4.78 is 0. The summed E-state index contributed by atoms with van der Waals surface area (Å²) in [6.45, 7) is 7.64. The summed E-state index contributed by atoms with van der Waals surface area (Å²) in [4.78, 5) is 14.7. The van der Waals surface area contributed by atoms with Crippen LogP contribution >= 0.6 is 12.4 Å². The molecule has 2 aliphatic heterocycles. The molecule has 2 heterocycles. The number of para-hydroxylation sites is 1. The van der Waals surface area contributed by atoms with Gasteiger partial charge in [-0.3, -0.25) is 4.90 Å². The van der Waals surface area contributed by atoms with Crippen LogP contribution in [0.15, 0.2) is 30.3 Å². The monoisotopic (exact) mass is 366 g/mol. The van der Waals surface area contributed by atoms with Crippen LogP contribution in [-0.4, -0.2) is 49.7 Å². The second-order valence-electron chi connectivity index (χ2n) is 7.56. The fourth-order valence-electron chi connectivity index (χ4n) is 3.90. The van der Waals surface area contributed by atoms with E-state index >= 15 is 0 Å². The lowest BCUT2D eigenvalue weighted by atomic mass is 9.87. The van der Waals surface area contributed by atoms with Crippen molar-refractivity contribution in [3.63, 3.8) is 0 Å². The van der Waals surface area contributed by atoms with Crippen molar-refractivity contribution < 1.29 is 4.79 Å². The van der Waals surface area contributed by atoms with Crippen molar-refractivity contribution in [1.29, 1.82) is 0 Å². The number of amides is 2. The molecule has 5 nitrogen and oxygen atoms in total. The van der Waals surface area contributed by atoms with E-state index < -0.39 is 0 Å². The molecule has 3 rings (SSSR count). The number of anilines is 1. The van der Waals surface area contributed by atoms with Gasteiger partial charge in [0, 0.05) is 31.4 Å². The first-order chi connectivity index (χ1) is 11.6. The van der Waals surface area contributed by atoms with Gasteiger partial charge >= 0.3 is 6.03 Å². The quantitative estimate of drug-likeness (QED) is 0.750. The van der Waals surface area contributed by atoms with Gasteiger partial charge in [-0.15, -0.1) is 12.4 Å². The molecule has 0 aliphatic carbocycles. The van der Waals surface area contributed by atoms with Gasteiger partial charge in [0.2, 0.25) is 0 Å². The number of benzene rings is 1. The fraction of sp³-hybridized carbons (Fsp3) is 0.632. The highest BCUT2D eigenvalue weighted by molar-refractivity contribution is 5.89. The zero-order valence-electron chi connectivity index (χ0n) is 15.1. The molecule has 2 fully saturated rings. The smallest absolute Gasteiger partial charge is 0.319 e. The Hall–Kier alpha value is -1.30. The summed E-state index contributed by atoms with van der Waals surface area (Å²) >= 11 is 0. The highest BCUT2D eigenvalue weighted by atomic mass is 35.5. The molecule has 1 aromatic carbocycles. The molecule has 2 saturated heterocycles. The van der Waals surface area contributed by atoms with Crippen LogP contribution < -0.4 is 16.0 Å². The molecule has 2 amide bonds. The lowest BCUT2D eigenvalue weighted by molar-refractivity contribution is 0.0965. The number of nitrogens with zero attached hydrogens (tertiary/aromatic N) is 1. The van der Waals surface area contributed by atoms with Gasteiger partial charge in [-0.1, -0.05) is 31.5 Å². The van der Waals surface area contributed by atoms with E-state index in [1.54, 1.807) is 0 Å². The third kappa shape index (κ3) is 5.87. The Morgan fingerprint density at radius 1 is 1.32 bits per heavy atom. The summed E-state index contributed by atoms with van der Waals surface area (Å²) in [6, 6.07) is 9.95. The molecular weight excluding hydrogens is 336 g/mol. The molecule has 0 aromatic heterocycles. The number of hydrogen-bond acceptors (Lipinski definition) is 3. The Balaban J connectivity index is 0.00000225. The summed E-state index contributed by atoms with van der Waals surface area (Å²) in [6.07, 6.45) is 4.96. The molecule has 2 unspecified atom stereocenters. The van der Waals surface area contributed by atoms with E-state index in [2.05, 4.69) is 27.8 Å². The average molecular weight is 367 g/mol. The van der Waals surface area contributed by atoms with Crippen LogP contribution in [0.1, 0.15) is 32.6 Å². The van der Waals surface area contributed by atoms with E-state index in [-0.39, 0.29) is 18.4 Å². The predicted octanol–water partition coefficient (Wildman–Crippen LogP) is 3.08. The zero-order chi connectivity index (χ0) is 16.8. The summed E-state index contributed by atoms with van der Waals surface area (Å²) in [5, 5.41) is 9.45. The Kier molecular flexibility index (Phi) is 7.54. The van der Waals surface area contributed by atoms with Crippen LogP contribution in [-0.2, 0) is 0 Å².